The maximum absolute atomic E-state index is 12.8. The van der Waals surface area contributed by atoms with E-state index >= 15 is 0 Å². The normalized spacial score (nSPS) is 16.0. The zero-order valence-corrected chi connectivity index (χ0v) is 17.7. The molecule has 1 aliphatic rings. The minimum Gasteiger partial charge on any atom is -0.481 e. The Morgan fingerprint density at radius 1 is 1.27 bits per heavy atom. The van der Waals surface area contributed by atoms with Crippen LogP contribution in [0.2, 0.25) is 0 Å². The largest absolute Gasteiger partial charge is 0.487 e. The Labute approximate surface area is 191 Å². The summed E-state index contributed by atoms with van der Waals surface area (Å²) < 4.78 is 29.7. The standard InChI is InChI=1S/C21H18ClF2N5O4/c22-21(23,24)33-15-3-1-14(2-4-15)27-19(30)13-9-16(17-5-7-26-28-17)18(25-10-13)29-8-6-12(11-29)20(31)32/h1-5,7,9-10,12H,6,8,11H2,(H,26,28)(H,27,30)(H,31,32). The first-order chi connectivity index (χ1) is 15.7. The Morgan fingerprint density at radius 3 is 2.64 bits per heavy atom. The number of carbonyl (C=O) groups is 2. The second-order valence-electron chi connectivity index (χ2n) is 7.36. The van der Waals surface area contributed by atoms with Gasteiger partial charge in [-0.15, -0.1) is 8.78 Å². The molecule has 4 rings (SSSR count). The van der Waals surface area contributed by atoms with Crippen molar-refractivity contribution in [3.63, 3.8) is 0 Å². The lowest BCUT2D eigenvalue weighted by Gasteiger charge is -2.20. The Morgan fingerprint density at radius 2 is 2.03 bits per heavy atom. The number of carbonyl (C=O) groups excluding carboxylic acids is 1. The monoisotopic (exact) mass is 477 g/mol. The molecule has 1 aromatic carbocycles. The lowest BCUT2D eigenvalue weighted by atomic mass is 10.1. The molecule has 1 saturated heterocycles. The van der Waals surface area contributed by atoms with Crippen molar-refractivity contribution in [1.82, 2.24) is 15.2 Å². The van der Waals surface area contributed by atoms with E-state index in [1.54, 1.807) is 18.3 Å². The van der Waals surface area contributed by atoms with E-state index in [-0.39, 0.29) is 11.3 Å². The zero-order chi connectivity index (χ0) is 23.6. The van der Waals surface area contributed by atoms with E-state index in [2.05, 4.69) is 25.2 Å². The van der Waals surface area contributed by atoms with E-state index in [1.165, 1.54) is 30.5 Å². The first kappa shape index (κ1) is 22.5. The number of benzene rings is 1. The van der Waals surface area contributed by atoms with E-state index in [9.17, 15) is 23.5 Å². The second kappa shape index (κ2) is 9.02. The Bertz CT molecular complexity index is 1150. The molecule has 0 spiro atoms. The summed E-state index contributed by atoms with van der Waals surface area (Å²) in [6, 6.07) is 8.63. The summed E-state index contributed by atoms with van der Waals surface area (Å²) in [7, 11) is 0. The van der Waals surface area contributed by atoms with Crippen molar-refractivity contribution < 1.29 is 28.2 Å². The molecule has 3 N–H and O–H groups in total. The number of aliphatic carboxylic acids is 1. The number of H-pyrrole nitrogens is 1. The van der Waals surface area contributed by atoms with Crippen molar-refractivity contribution in [1.29, 1.82) is 0 Å². The molecule has 1 atom stereocenters. The van der Waals surface area contributed by atoms with Crippen molar-refractivity contribution in [3.05, 3.63) is 54.4 Å². The van der Waals surface area contributed by atoms with Crippen LogP contribution in [0.1, 0.15) is 16.8 Å². The van der Waals surface area contributed by atoms with Crippen LogP contribution >= 0.6 is 11.6 Å². The van der Waals surface area contributed by atoms with Gasteiger partial charge < -0.3 is 20.1 Å². The predicted molar refractivity (Wildman–Crippen MR) is 116 cm³/mol. The highest BCUT2D eigenvalue weighted by atomic mass is 35.5. The van der Waals surface area contributed by atoms with Crippen molar-refractivity contribution >= 4 is 35.0 Å². The van der Waals surface area contributed by atoms with Gasteiger partial charge in [0.25, 0.3) is 5.91 Å². The number of amides is 1. The number of anilines is 2. The fourth-order valence-corrected chi connectivity index (χ4v) is 3.62. The van der Waals surface area contributed by atoms with Gasteiger partial charge in [-0.1, -0.05) is 0 Å². The van der Waals surface area contributed by atoms with E-state index in [0.29, 0.717) is 42.3 Å². The maximum Gasteiger partial charge on any atom is 0.487 e. The van der Waals surface area contributed by atoms with E-state index < -0.39 is 23.4 Å². The lowest BCUT2D eigenvalue weighted by Crippen LogP contribution is -2.24. The van der Waals surface area contributed by atoms with Crippen molar-refractivity contribution in [2.24, 2.45) is 5.92 Å². The third-order valence-electron chi connectivity index (χ3n) is 5.10. The number of aromatic nitrogens is 3. The number of hydrogen-bond acceptors (Lipinski definition) is 6. The predicted octanol–water partition coefficient (Wildman–Crippen LogP) is 3.80. The van der Waals surface area contributed by atoms with Gasteiger partial charge in [-0.3, -0.25) is 14.7 Å². The zero-order valence-electron chi connectivity index (χ0n) is 17.0. The van der Waals surface area contributed by atoms with Crippen LogP contribution in [0.5, 0.6) is 5.75 Å². The molecule has 0 radical (unpaired) electrons. The molecule has 3 aromatic rings. The summed E-state index contributed by atoms with van der Waals surface area (Å²) >= 11 is 4.74. The Hall–Kier alpha value is -3.73. The van der Waals surface area contributed by atoms with Gasteiger partial charge in [0.05, 0.1) is 17.2 Å². The molecule has 1 unspecified atom stereocenters. The molecule has 0 aliphatic carbocycles. The number of nitrogens with one attached hydrogen (secondary N) is 2. The maximum atomic E-state index is 12.8. The minimum atomic E-state index is -3.83. The van der Waals surface area contributed by atoms with Crippen molar-refractivity contribution in [2.45, 2.75) is 12.0 Å². The van der Waals surface area contributed by atoms with Gasteiger partial charge in [-0.05, 0) is 42.8 Å². The molecule has 33 heavy (non-hydrogen) atoms. The summed E-state index contributed by atoms with van der Waals surface area (Å²) in [5, 5.41) is 18.7. The van der Waals surface area contributed by atoms with Crippen LogP contribution in [0.25, 0.3) is 11.3 Å². The molecule has 0 bridgehead atoms. The number of rotatable bonds is 7. The van der Waals surface area contributed by atoms with Gasteiger partial charge in [0.1, 0.15) is 11.6 Å². The SMILES string of the molecule is O=C(Nc1ccc(OC(F)(F)Cl)cc1)c1cnc(N2CCC(C(=O)O)C2)c(-c2ccn[nH]2)c1. The summed E-state index contributed by atoms with van der Waals surface area (Å²) in [5.74, 6) is -1.44. The van der Waals surface area contributed by atoms with Crippen LogP contribution in [-0.2, 0) is 4.79 Å². The van der Waals surface area contributed by atoms with Gasteiger partial charge in [0, 0.05) is 48.3 Å². The molecule has 0 saturated carbocycles. The number of alkyl halides is 3. The first-order valence-corrected chi connectivity index (χ1v) is 10.2. The van der Waals surface area contributed by atoms with E-state index in [1.807, 2.05) is 4.90 Å². The number of carboxylic acids is 1. The molecule has 1 fully saturated rings. The topological polar surface area (TPSA) is 120 Å². The fraction of sp³-hybridized carbons (Fsp3) is 0.238. The van der Waals surface area contributed by atoms with Gasteiger partial charge >= 0.3 is 11.5 Å². The number of pyridine rings is 1. The number of carboxylic acid groups (broad SMARTS) is 1. The highest BCUT2D eigenvalue weighted by molar-refractivity contribution is 6.20. The van der Waals surface area contributed by atoms with Crippen LogP contribution in [0.15, 0.2) is 48.8 Å². The summed E-state index contributed by atoms with van der Waals surface area (Å²) in [5.41, 5.74) is -2.03. The molecular weight excluding hydrogens is 460 g/mol. The lowest BCUT2D eigenvalue weighted by molar-refractivity contribution is -0.140. The molecular formula is C21H18ClF2N5O4. The molecule has 12 heteroatoms. The number of hydrogen-bond donors (Lipinski definition) is 3. The highest BCUT2D eigenvalue weighted by Crippen LogP contribution is 2.32. The molecule has 1 aliphatic heterocycles. The average Bonchev–Trinajstić information content (AvgIpc) is 3.46. The summed E-state index contributed by atoms with van der Waals surface area (Å²) in [6.07, 6.45) is 3.45. The molecule has 1 amide bonds. The van der Waals surface area contributed by atoms with Gasteiger partial charge in [-0.25, -0.2) is 4.98 Å². The van der Waals surface area contributed by atoms with Crippen molar-refractivity contribution in [2.75, 3.05) is 23.3 Å². The first-order valence-electron chi connectivity index (χ1n) is 9.84. The van der Waals surface area contributed by atoms with Gasteiger partial charge in [0.2, 0.25) is 0 Å². The Kier molecular flexibility index (Phi) is 6.14. The van der Waals surface area contributed by atoms with Gasteiger partial charge in [0.15, 0.2) is 0 Å². The van der Waals surface area contributed by atoms with Crippen LogP contribution < -0.4 is 15.0 Å². The quantitative estimate of drug-likeness (QED) is 0.442. The van der Waals surface area contributed by atoms with Gasteiger partial charge in [-0.2, -0.15) is 5.10 Å². The third kappa shape index (κ3) is 5.37. The van der Waals surface area contributed by atoms with Crippen LogP contribution in [-0.4, -0.2) is 50.8 Å². The molecule has 2 aromatic heterocycles. The van der Waals surface area contributed by atoms with Crippen molar-refractivity contribution in [3.8, 4) is 17.0 Å². The smallest absolute Gasteiger partial charge is 0.481 e. The van der Waals surface area contributed by atoms with E-state index in [0.717, 1.165) is 0 Å². The molecule has 9 nitrogen and oxygen atoms in total. The van der Waals surface area contributed by atoms with E-state index in [4.69, 9.17) is 11.6 Å². The Balaban J connectivity index is 1.55. The highest BCUT2D eigenvalue weighted by Gasteiger charge is 2.31. The summed E-state index contributed by atoms with van der Waals surface area (Å²) in [4.78, 5) is 30.4. The molecule has 3 heterocycles. The van der Waals surface area contributed by atoms with Crippen LogP contribution in [0.4, 0.5) is 20.3 Å². The molecule has 172 valence electrons. The number of halogens is 3. The summed E-state index contributed by atoms with van der Waals surface area (Å²) in [6.45, 7) is 0.831. The number of aromatic amines is 1. The number of ether oxygens (including phenoxy) is 1. The number of nitrogens with zero attached hydrogens (tertiary/aromatic N) is 3. The second-order valence-corrected chi connectivity index (χ2v) is 7.80. The average molecular weight is 478 g/mol. The fourth-order valence-electron chi connectivity index (χ4n) is 3.54. The van der Waals surface area contributed by atoms with Crippen LogP contribution in [0, 0.1) is 5.92 Å². The minimum absolute atomic E-state index is 0.161. The van der Waals surface area contributed by atoms with Crippen LogP contribution in [0.3, 0.4) is 0 Å². The third-order valence-corrected chi connectivity index (χ3v) is 5.18.